The number of carboxylic acids is 1. The number of rotatable bonds is 3. The molecule has 2 aromatic rings. The highest BCUT2D eigenvalue weighted by Gasteiger charge is 2.27. The Hall–Kier alpha value is -3.22. The average Bonchev–Trinajstić information content (AvgIpc) is 2.67. The maximum atomic E-state index is 14.1. The van der Waals surface area contributed by atoms with Crippen molar-refractivity contribution in [3.8, 4) is 0 Å². The number of nitrogens with zero attached hydrogens (tertiary/aromatic N) is 2. The molecular weight excluding hydrogens is 351 g/mol. The summed E-state index contributed by atoms with van der Waals surface area (Å²) in [6, 6.07) is 10.5. The number of aromatic carboxylic acids is 1. The smallest absolute Gasteiger partial charge is 0.335 e. The van der Waals surface area contributed by atoms with Gasteiger partial charge in [0, 0.05) is 31.7 Å². The molecule has 1 N–H and O–H groups in total. The number of benzene rings is 2. The number of carbonyl (C=O) groups excluding carboxylic acids is 2. The maximum absolute atomic E-state index is 14.1. The molecule has 1 saturated heterocycles. The second kappa shape index (κ2) is 7.57. The van der Waals surface area contributed by atoms with Gasteiger partial charge in [0.2, 0.25) is 0 Å². The van der Waals surface area contributed by atoms with Crippen LogP contribution in [0, 0.1) is 12.7 Å². The molecule has 0 aromatic heterocycles. The summed E-state index contributed by atoms with van der Waals surface area (Å²) in [5, 5.41) is 8.88. The number of aryl methyl sites for hydroxylation is 1. The summed E-state index contributed by atoms with van der Waals surface area (Å²) < 4.78 is 14.1. The van der Waals surface area contributed by atoms with Crippen molar-refractivity contribution in [1.82, 2.24) is 9.80 Å². The van der Waals surface area contributed by atoms with E-state index in [4.69, 9.17) is 5.11 Å². The number of amides is 2. The van der Waals surface area contributed by atoms with Crippen molar-refractivity contribution >= 4 is 17.8 Å². The van der Waals surface area contributed by atoms with Crippen molar-refractivity contribution in [3.63, 3.8) is 0 Å². The zero-order valence-electron chi connectivity index (χ0n) is 14.8. The van der Waals surface area contributed by atoms with Crippen LogP contribution in [-0.2, 0) is 0 Å². The van der Waals surface area contributed by atoms with Gasteiger partial charge in [-0.2, -0.15) is 0 Å². The van der Waals surface area contributed by atoms with Gasteiger partial charge in [-0.25, -0.2) is 9.18 Å². The van der Waals surface area contributed by atoms with Gasteiger partial charge < -0.3 is 14.9 Å². The van der Waals surface area contributed by atoms with E-state index in [-0.39, 0.29) is 30.1 Å². The van der Waals surface area contributed by atoms with Crippen LogP contribution in [0.25, 0.3) is 0 Å². The molecule has 3 rings (SSSR count). The molecule has 1 aliphatic heterocycles. The Morgan fingerprint density at radius 3 is 1.89 bits per heavy atom. The summed E-state index contributed by atoms with van der Waals surface area (Å²) in [6.45, 7) is 3.23. The summed E-state index contributed by atoms with van der Waals surface area (Å²) in [7, 11) is 0. The summed E-state index contributed by atoms with van der Waals surface area (Å²) in [4.78, 5) is 39.0. The fraction of sp³-hybridized carbons (Fsp3) is 0.250. The van der Waals surface area contributed by atoms with Gasteiger partial charge in [-0.1, -0.05) is 17.7 Å². The van der Waals surface area contributed by atoms with E-state index in [0.717, 1.165) is 11.6 Å². The lowest BCUT2D eigenvalue weighted by Crippen LogP contribution is -2.50. The lowest BCUT2D eigenvalue weighted by Gasteiger charge is -2.35. The third-order valence-corrected chi connectivity index (χ3v) is 4.60. The molecule has 0 saturated carbocycles. The molecule has 7 heteroatoms. The van der Waals surface area contributed by atoms with E-state index in [1.807, 2.05) is 19.1 Å². The van der Waals surface area contributed by atoms with E-state index < -0.39 is 17.7 Å². The number of piperazine rings is 1. The molecule has 27 heavy (non-hydrogen) atoms. The predicted molar refractivity (Wildman–Crippen MR) is 96.3 cm³/mol. The van der Waals surface area contributed by atoms with Crippen molar-refractivity contribution in [3.05, 3.63) is 70.5 Å². The topological polar surface area (TPSA) is 77.9 Å². The molecule has 140 valence electrons. The third kappa shape index (κ3) is 3.97. The second-order valence-corrected chi connectivity index (χ2v) is 6.45. The summed E-state index contributed by atoms with van der Waals surface area (Å²) in [5.74, 6) is -2.72. The van der Waals surface area contributed by atoms with E-state index in [2.05, 4.69) is 0 Å². The number of hydrogen-bond acceptors (Lipinski definition) is 3. The Morgan fingerprint density at radius 1 is 0.852 bits per heavy atom. The zero-order valence-corrected chi connectivity index (χ0v) is 14.8. The predicted octanol–water partition coefficient (Wildman–Crippen LogP) is 2.43. The lowest BCUT2D eigenvalue weighted by atomic mass is 10.1. The summed E-state index contributed by atoms with van der Waals surface area (Å²) >= 11 is 0. The average molecular weight is 370 g/mol. The van der Waals surface area contributed by atoms with E-state index in [1.54, 1.807) is 17.0 Å². The molecule has 1 heterocycles. The van der Waals surface area contributed by atoms with Gasteiger partial charge >= 0.3 is 5.97 Å². The number of carboxylic acid groups (broad SMARTS) is 1. The second-order valence-electron chi connectivity index (χ2n) is 6.45. The number of carbonyl (C=O) groups is 3. The van der Waals surface area contributed by atoms with E-state index in [0.29, 0.717) is 18.7 Å². The van der Waals surface area contributed by atoms with Crippen LogP contribution in [0.3, 0.4) is 0 Å². The Labute approximate surface area is 155 Å². The van der Waals surface area contributed by atoms with Gasteiger partial charge in [0.1, 0.15) is 5.82 Å². The van der Waals surface area contributed by atoms with Crippen molar-refractivity contribution < 1.29 is 23.9 Å². The Balaban J connectivity index is 1.65. The van der Waals surface area contributed by atoms with Crippen LogP contribution in [0.2, 0.25) is 0 Å². The van der Waals surface area contributed by atoms with Gasteiger partial charge in [0.15, 0.2) is 0 Å². The first kappa shape index (κ1) is 18.6. The Morgan fingerprint density at radius 2 is 1.37 bits per heavy atom. The van der Waals surface area contributed by atoms with Crippen LogP contribution in [0.15, 0.2) is 42.5 Å². The molecule has 0 aliphatic carbocycles. The normalized spacial score (nSPS) is 14.1. The molecule has 0 radical (unpaired) electrons. The molecule has 6 nitrogen and oxygen atoms in total. The van der Waals surface area contributed by atoms with Crippen LogP contribution in [0.5, 0.6) is 0 Å². The molecule has 2 amide bonds. The van der Waals surface area contributed by atoms with Crippen LogP contribution in [-0.4, -0.2) is 58.9 Å². The molecule has 2 aromatic carbocycles. The highest BCUT2D eigenvalue weighted by atomic mass is 19.1. The maximum Gasteiger partial charge on any atom is 0.335 e. The Bertz CT molecular complexity index is 887. The van der Waals surface area contributed by atoms with E-state index in [9.17, 15) is 18.8 Å². The third-order valence-electron chi connectivity index (χ3n) is 4.60. The number of hydrogen-bond donors (Lipinski definition) is 1. The van der Waals surface area contributed by atoms with Gasteiger partial charge in [-0.05, 0) is 37.3 Å². The minimum Gasteiger partial charge on any atom is -0.478 e. The van der Waals surface area contributed by atoms with Crippen LogP contribution < -0.4 is 0 Å². The Kier molecular flexibility index (Phi) is 5.21. The van der Waals surface area contributed by atoms with Gasteiger partial charge in [0.05, 0.1) is 11.1 Å². The van der Waals surface area contributed by atoms with Gasteiger partial charge in [-0.15, -0.1) is 0 Å². The standard InChI is InChI=1S/C20H19FN2O4/c1-13-2-4-14(5-3-13)18(24)22-8-10-23(11-9-22)19(25)16-7-6-15(20(26)27)12-17(16)21/h2-7,12H,8-11H2,1H3,(H,26,27). The van der Waals surface area contributed by atoms with Crippen molar-refractivity contribution in [2.24, 2.45) is 0 Å². The highest BCUT2D eigenvalue weighted by Crippen LogP contribution is 2.16. The van der Waals surface area contributed by atoms with Crippen LogP contribution >= 0.6 is 0 Å². The minimum absolute atomic E-state index is 0.0981. The lowest BCUT2D eigenvalue weighted by molar-refractivity contribution is 0.0532. The fourth-order valence-electron chi connectivity index (χ4n) is 2.98. The summed E-state index contributed by atoms with van der Waals surface area (Å²) in [5.41, 5.74) is 1.28. The van der Waals surface area contributed by atoms with Crippen molar-refractivity contribution in [2.75, 3.05) is 26.2 Å². The van der Waals surface area contributed by atoms with Gasteiger partial charge in [-0.3, -0.25) is 9.59 Å². The zero-order chi connectivity index (χ0) is 19.6. The molecule has 0 bridgehead atoms. The van der Waals surface area contributed by atoms with E-state index in [1.165, 1.54) is 17.0 Å². The summed E-state index contributed by atoms with van der Waals surface area (Å²) in [6.07, 6.45) is 0. The molecular formula is C20H19FN2O4. The largest absolute Gasteiger partial charge is 0.478 e. The highest BCUT2D eigenvalue weighted by molar-refractivity contribution is 5.97. The first-order valence-corrected chi connectivity index (χ1v) is 8.55. The molecule has 0 unspecified atom stereocenters. The monoisotopic (exact) mass is 370 g/mol. The first-order valence-electron chi connectivity index (χ1n) is 8.55. The van der Waals surface area contributed by atoms with Crippen LogP contribution in [0.1, 0.15) is 36.6 Å². The number of halogens is 1. The minimum atomic E-state index is -1.25. The van der Waals surface area contributed by atoms with E-state index >= 15 is 0 Å². The van der Waals surface area contributed by atoms with Crippen molar-refractivity contribution in [2.45, 2.75) is 6.92 Å². The molecule has 0 spiro atoms. The first-order chi connectivity index (χ1) is 12.9. The fourth-order valence-corrected chi connectivity index (χ4v) is 2.98. The SMILES string of the molecule is Cc1ccc(C(=O)N2CCN(C(=O)c3ccc(C(=O)O)cc3F)CC2)cc1. The van der Waals surface area contributed by atoms with Gasteiger partial charge in [0.25, 0.3) is 11.8 Å². The quantitative estimate of drug-likeness (QED) is 0.900. The van der Waals surface area contributed by atoms with Crippen molar-refractivity contribution in [1.29, 1.82) is 0 Å². The molecule has 1 fully saturated rings. The molecule has 1 aliphatic rings. The molecule has 0 atom stereocenters. The van der Waals surface area contributed by atoms with Crippen LogP contribution in [0.4, 0.5) is 4.39 Å².